The molecule has 94 valence electrons. The van der Waals surface area contributed by atoms with Crippen molar-refractivity contribution in [1.29, 1.82) is 0 Å². The molecule has 1 aromatic carbocycles. The third kappa shape index (κ3) is 3.63. The predicted molar refractivity (Wildman–Crippen MR) is 75.8 cm³/mol. The first kappa shape index (κ1) is 12.7. The van der Waals surface area contributed by atoms with E-state index in [1.54, 1.807) is 7.11 Å². The van der Waals surface area contributed by atoms with Gasteiger partial charge in [0.2, 0.25) is 0 Å². The van der Waals surface area contributed by atoms with Gasteiger partial charge in [-0.05, 0) is 46.8 Å². The van der Waals surface area contributed by atoms with E-state index < -0.39 is 0 Å². The molecule has 1 fully saturated rings. The minimum Gasteiger partial charge on any atom is -0.495 e. The Morgan fingerprint density at radius 1 is 1.29 bits per heavy atom. The molecule has 0 heterocycles. The van der Waals surface area contributed by atoms with Crippen LogP contribution in [0.5, 0.6) is 5.75 Å². The van der Waals surface area contributed by atoms with Crippen molar-refractivity contribution in [2.45, 2.75) is 32.1 Å². The molecule has 0 amide bonds. The molecule has 0 radical (unpaired) electrons. The smallest absolute Gasteiger partial charge is 0.135 e. The predicted octanol–water partition coefficient (Wildman–Crippen LogP) is 4.45. The van der Waals surface area contributed by atoms with Crippen LogP contribution in [0.3, 0.4) is 0 Å². The van der Waals surface area contributed by atoms with E-state index in [0.717, 1.165) is 28.4 Å². The van der Waals surface area contributed by atoms with Crippen molar-refractivity contribution in [3.63, 3.8) is 0 Å². The minimum absolute atomic E-state index is 0.846. The van der Waals surface area contributed by atoms with Gasteiger partial charge in [0.05, 0.1) is 11.6 Å². The summed E-state index contributed by atoms with van der Waals surface area (Å²) in [6.07, 6.45) is 6.97. The Bertz CT molecular complexity index is 361. The summed E-state index contributed by atoms with van der Waals surface area (Å²) in [6.45, 7) is 1.09. The molecule has 1 saturated carbocycles. The van der Waals surface area contributed by atoms with Gasteiger partial charge in [-0.3, -0.25) is 0 Å². The van der Waals surface area contributed by atoms with Crippen molar-refractivity contribution in [2.75, 3.05) is 19.0 Å². The molecule has 0 bridgehead atoms. The van der Waals surface area contributed by atoms with Crippen LogP contribution in [0.15, 0.2) is 22.7 Å². The van der Waals surface area contributed by atoms with Crippen LogP contribution in [0.1, 0.15) is 32.1 Å². The van der Waals surface area contributed by atoms with Gasteiger partial charge in [0.15, 0.2) is 0 Å². The lowest BCUT2D eigenvalue weighted by Gasteiger charge is -2.22. The average Bonchev–Trinajstić information content (AvgIpc) is 2.39. The lowest BCUT2D eigenvalue weighted by atomic mass is 9.89. The second kappa shape index (κ2) is 6.29. The van der Waals surface area contributed by atoms with Crippen molar-refractivity contribution in [3.05, 3.63) is 22.7 Å². The Balaban J connectivity index is 1.89. The monoisotopic (exact) mass is 297 g/mol. The molecule has 0 spiro atoms. The number of anilines is 1. The van der Waals surface area contributed by atoms with Gasteiger partial charge >= 0.3 is 0 Å². The second-order valence-corrected chi connectivity index (χ2v) is 5.59. The van der Waals surface area contributed by atoms with Crippen molar-refractivity contribution >= 4 is 21.6 Å². The number of benzene rings is 1. The van der Waals surface area contributed by atoms with Crippen LogP contribution in [-0.2, 0) is 0 Å². The fraction of sp³-hybridized carbons (Fsp3) is 0.571. The van der Waals surface area contributed by atoms with Gasteiger partial charge in [-0.25, -0.2) is 0 Å². The highest BCUT2D eigenvalue weighted by atomic mass is 79.9. The summed E-state index contributed by atoms with van der Waals surface area (Å²) in [5.74, 6) is 1.73. The molecular weight excluding hydrogens is 278 g/mol. The average molecular weight is 298 g/mol. The van der Waals surface area contributed by atoms with Crippen LogP contribution in [-0.4, -0.2) is 13.7 Å². The van der Waals surface area contributed by atoms with E-state index in [0.29, 0.717) is 0 Å². The summed E-state index contributed by atoms with van der Waals surface area (Å²) in [6, 6.07) is 6.17. The third-order valence-corrected chi connectivity index (χ3v) is 4.13. The van der Waals surface area contributed by atoms with Gasteiger partial charge < -0.3 is 10.1 Å². The number of methoxy groups -OCH3 is 1. The Kier molecular flexibility index (Phi) is 4.72. The fourth-order valence-electron chi connectivity index (χ4n) is 2.42. The first-order chi connectivity index (χ1) is 8.29. The molecule has 2 nitrogen and oxygen atoms in total. The maximum Gasteiger partial charge on any atom is 0.135 e. The van der Waals surface area contributed by atoms with Crippen LogP contribution < -0.4 is 10.1 Å². The van der Waals surface area contributed by atoms with E-state index in [-0.39, 0.29) is 0 Å². The van der Waals surface area contributed by atoms with Gasteiger partial charge in [0.25, 0.3) is 0 Å². The van der Waals surface area contributed by atoms with Crippen LogP contribution in [0.25, 0.3) is 0 Å². The number of halogens is 1. The number of rotatable bonds is 4. The lowest BCUT2D eigenvalue weighted by molar-refractivity contribution is 0.373. The lowest BCUT2D eigenvalue weighted by Crippen LogP contribution is -2.17. The SMILES string of the molecule is COc1cc(NCC2CCCCC2)ccc1Br. The molecule has 17 heavy (non-hydrogen) atoms. The van der Waals surface area contributed by atoms with Gasteiger partial charge in [-0.2, -0.15) is 0 Å². The van der Waals surface area contributed by atoms with Gasteiger partial charge in [0.1, 0.15) is 5.75 Å². The van der Waals surface area contributed by atoms with E-state index in [2.05, 4.69) is 27.3 Å². The largest absolute Gasteiger partial charge is 0.495 e. The summed E-state index contributed by atoms with van der Waals surface area (Å²) in [4.78, 5) is 0. The topological polar surface area (TPSA) is 21.3 Å². The highest BCUT2D eigenvalue weighted by Crippen LogP contribution is 2.29. The Morgan fingerprint density at radius 2 is 2.06 bits per heavy atom. The van der Waals surface area contributed by atoms with Gasteiger partial charge in [0, 0.05) is 18.3 Å². The number of hydrogen-bond acceptors (Lipinski definition) is 2. The molecule has 3 heteroatoms. The molecule has 0 saturated heterocycles. The summed E-state index contributed by atoms with van der Waals surface area (Å²) in [7, 11) is 1.70. The molecule has 1 aromatic rings. The Hall–Kier alpha value is -0.700. The van der Waals surface area contributed by atoms with Crippen molar-refractivity contribution in [2.24, 2.45) is 5.92 Å². The molecular formula is C14H20BrNO. The zero-order valence-electron chi connectivity index (χ0n) is 10.3. The van der Waals surface area contributed by atoms with E-state index in [9.17, 15) is 0 Å². The first-order valence-electron chi connectivity index (χ1n) is 6.37. The fourth-order valence-corrected chi connectivity index (χ4v) is 2.83. The number of nitrogens with one attached hydrogen (secondary N) is 1. The summed E-state index contributed by atoms with van der Waals surface area (Å²) < 4.78 is 6.29. The van der Waals surface area contributed by atoms with E-state index in [4.69, 9.17) is 4.74 Å². The maximum atomic E-state index is 5.29. The normalized spacial score (nSPS) is 16.8. The summed E-state index contributed by atoms with van der Waals surface area (Å²) >= 11 is 3.47. The van der Waals surface area contributed by atoms with Crippen molar-refractivity contribution < 1.29 is 4.74 Å². The molecule has 0 aromatic heterocycles. The highest BCUT2D eigenvalue weighted by molar-refractivity contribution is 9.10. The van der Waals surface area contributed by atoms with Crippen molar-refractivity contribution in [3.8, 4) is 5.75 Å². The summed E-state index contributed by atoms with van der Waals surface area (Å²) in [5.41, 5.74) is 1.15. The third-order valence-electron chi connectivity index (χ3n) is 3.47. The molecule has 1 aliphatic carbocycles. The van der Waals surface area contributed by atoms with E-state index in [1.807, 2.05) is 12.1 Å². The van der Waals surface area contributed by atoms with E-state index >= 15 is 0 Å². The van der Waals surface area contributed by atoms with E-state index in [1.165, 1.54) is 32.1 Å². The standard InChI is InChI=1S/C14H20BrNO/c1-17-14-9-12(7-8-13(14)15)16-10-11-5-3-2-4-6-11/h7-9,11,16H,2-6,10H2,1H3. The molecule has 0 aliphatic heterocycles. The molecule has 1 N–H and O–H groups in total. The number of ether oxygens (including phenoxy) is 1. The quantitative estimate of drug-likeness (QED) is 0.886. The van der Waals surface area contributed by atoms with Crippen molar-refractivity contribution in [1.82, 2.24) is 0 Å². The van der Waals surface area contributed by atoms with Crippen LogP contribution in [0.2, 0.25) is 0 Å². The second-order valence-electron chi connectivity index (χ2n) is 4.73. The van der Waals surface area contributed by atoms with Crippen LogP contribution in [0, 0.1) is 5.92 Å². The number of hydrogen-bond donors (Lipinski definition) is 1. The molecule has 2 rings (SSSR count). The van der Waals surface area contributed by atoms with Crippen LogP contribution in [0.4, 0.5) is 5.69 Å². The zero-order chi connectivity index (χ0) is 12.1. The molecule has 0 atom stereocenters. The Labute approximate surface area is 112 Å². The highest BCUT2D eigenvalue weighted by Gasteiger charge is 2.13. The van der Waals surface area contributed by atoms with Gasteiger partial charge in [-0.15, -0.1) is 0 Å². The zero-order valence-corrected chi connectivity index (χ0v) is 11.9. The van der Waals surface area contributed by atoms with Crippen LogP contribution >= 0.6 is 15.9 Å². The van der Waals surface area contributed by atoms with Gasteiger partial charge in [-0.1, -0.05) is 19.3 Å². The maximum absolute atomic E-state index is 5.29. The minimum atomic E-state index is 0.846. The Morgan fingerprint density at radius 3 is 2.76 bits per heavy atom. The molecule has 0 unspecified atom stereocenters. The summed E-state index contributed by atoms with van der Waals surface area (Å²) in [5, 5.41) is 3.52. The first-order valence-corrected chi connectivity index (χ1v) is 7.16. The molecule has 1 aliphatic rings.